The number of guanidine groups is 1. The summed E-state index contributed by atoms with van der Waals surface area (Å²) in [5.74, 6) is -1.32. The molecule has 3 amide bonds. The second-order valence-corrected chi connectivity index (χ2v) is 7.58. The number of rotatable bonds is 18. The molecule has 0 aromatic rings. The molecule has 0 saturated carbocycles. The van der Waals surface area contributed by atoms with Crippen LogP contribution >= 0.6 is 0 Å². The molecule has 184 valence electrons. The molecule has 3 atom stereocenters. The molecule has 0 aromatic heterocycles. The van der Waals surface area contributed by atoms with Crippen LogP contribution in [-0.2, 0) is 19.2 Å². The Bertz CT molecular complexity index is 610. The summed E-state index contributed by atoms with van der Waals surface area (Å²) in [6.07, 6.45) is 4.90. The molecule has 32 heavy (non-hydrogen) atoms. The minimum Gasteiger partial charge on any atom is -0.370 e. The third-order valence-electron chi connectivity index (χ3n) is 4.68. The van der Waals surface area contributed by atoms with Crippen LogP contribution in [0.3, 0.4) is 0 Å². The summed E-state index contributed by atoms with van der Waals surface area (Å²) in [6, 6.07) is -2.37. The summed E-state index contributed by atoms with van der Waals surface area (Å²) in [5, 5.41) is 7.98. The number of hydrogen-bond donors (Lipinski definition) is 7. The zero-order valence-electron chi connectivity index (χ0n) is 19.0. The first-order valence-electron chi connectivity index (χ1n) is 11.0. The number of unbranched alkanes of at least 4 members (excludes halogenated alkanes) is 2. The lowest BCUT2D eigenvalue weighted by molar-refractivity contribution is -0.132. The Kier molecular flexibility index (Phi) is 16.4. The van der Waals surface area contributed by atoms with Crippen molar-refractivity contribution in [1.29, 1.82) is 0 Å². The van der Waals surface area contributed by atoms with Gasteiger partial charge in [0, 0.05) is 13.5 Å². The Morgan fingerprint density at radius 3 is 1.81 bits per heavy atom. The molecule has 0 fully saturated rings. The molecule has 0 aromatic carbocycles. The van der Waals surface area contributed by atoms with Crippen LogP contribution < -0.4 is 38.9 Å². The molecule has 0 aliphatic carbocycles. The first-order valence-corrected chi connectivity index (χ1v) is 11.0. The standard InChI is InChI=1S/C20H40N8O4/c1-14(30)26-16(8-2-4-10-21)19(32)28-17(9-3-5-11-22)18(31)27-15(13-29)7-6-12-25-20(23)24/h13,15-17H,2-12,21-22H2,1H3,(H,26,30)(H,27,31)(H,28,32)(H4,23,24,25)/t15-,16-,17-/m0/s1. The number of nitrogens with one attached hydrogen (secondary N) is 3. The van der Waals surface area contributed by atoms with E-state index >= 15 is 0 Å². The molecule has 0 aliphatic heterocycles. The number of aldehydes is 1. The van der Waals surface area contributed by atoms with Crippen LogP contribution in [0.15, 0.2) is 4.99 Å². The van der Waals surface area contributed by atoms with Crippen molar-refractivity contribution in [3.8, 4) is 0 Å². The number of nitrogens with two attached hydrogens (primary N) is 4. The quantitative estimate of drug-likeness (QED) is 0.0526. The van der Waals surface area contributed by atoms with E-state index in [4.69, 9.17) is 22.9 Å². The lowest BCUT2D eigenvalue weighted by Crippen LogP contribution is -2.55. The summed E-state index contributed by atoms with van der Waals surface area (Å²) >= 11 is 0. The van der Waals surface area contributed by atoms with E-state index in [1.54, 1.807) is 0 Å². The third kappa shape index (κ3) is 14.3. The Hall–Kier alpha value is -2.73. The van der Waals surface area contributed by atoms with Gasteiger partial charge in [-0.05, 0) is 64.5 Å². The fraction of sp³-hybridized carbons (Fsp3) is 0.750. The minimum atomic E-state index is -0.861. The minimum absolute atomic E-state index is 0.0421. The van der Waals surface area contributed by atoms with Gasteiger partial charge in [-0.1, -0.05) is 0 Å². The van der Waals surface area contributed by atoms with Gasteiger partial charge in [-0.2, -0.15) is 0 Å². The lowest BCUT2D eigenvalue weighted by Gasteiger charge is -2.24. The Balaban J connectivity index is 5.10. The van der Waals surface area contributed by atoms with E-state index in [1.807, 2.05) is 0 Å². The highest BCUT2D eigenvalue weighted by Gasteiger charge is 2.27. The number of carbonyl (C=O) groups excluding carboxylic acids is 4. The van der Waals surface area contributed by atoms with Crippen LogP contribution in [-0.4, -0.2) is 67.7 Å². The Labute approximate surface area is 189 Å². The molecular formula is C20H40N8O4. The molecule has 11 N–H and O–H groups in total. The first-order chi connectivity index (χ1) is 15.2. The highest BCUT2D eigenvalue weighted by atomic mass is 16.2. The molecule has 0 bridgehead atoms. The maximum atomic E-state index is 12.8. The molecule has 0 radical (unpaired) electrons. The van der Waals surface area contributed by atoms with Crippen LogP contribution in [0, 0.1) is 0 Å². The molecule has 0 unspecified atom stereocenters. The predicted octanol–water partition coefficient (Wildman–Crippen LogP) is -2.03. The molecule has 12 nitrogen and oxygen atoms in total. The van der Waals surface area contributed by atoms with Gasteiger partial charge in [0.25, 0.3) is 0 Å². The fourth-order valence-electron chi connectivity index (χ4n) is 3.02. The second-order valence-electron chi connectivity index (χ2n) is 7.58. The Morgan fingerprint density at radius 2 is 1.34 bits per heavy atom. The third-order valence-corrected chi connectivity index (χ3v) is 4.68. The zero-order chi connectivity index (χ0) is 24.4. The van der Waals surface area contributed by atoms with Crippen molar-refractivity contribution >= 4 is 30.0 Å². The van der Waals surface area contributed by atoms with E-state index in [0.29, 0.717) is 77.3 Å². The fourth-order valence-corrected chi connectivity index (χ4v) is 3.02. The van der Waals surface area contributed by atoms with Gasteiger partial charge in [-0.25, -0.2) is 0 Å². The van der Waals surface area contributed by atoms with Gasteiger partial charge in [0.1, 0.15) is 18.4 Å². The summed E-state index contributed by atoms with van der Waals surface area (Å²) in [6.45, 7) is 2.60. The van der Waals surface area contributed by atoms with Crippen molar-refractivity contribution < 1.29 is 19.2 Å². The van der Waals surface area contributed by atoms with Crippen molar-refractivity contribution in [2.45, 2.75) is 76.4 Å². The second kappa shape index (κ2) is 17.9. The number of carbonyl (C=O) groups is 4. The van der Waals surface area contributed by atoms with E-state index in [2.05, 4.69) is 20.9 Å². The van der Waals surface area contributed by atoms with Crippen molar-refractivity contribution in [3.05, 3.63) is 0 Å². The monoisotopic (exact) mass is 456 g/mol. The molecule has 0 heterocycles. The molecule has 0 rings (SSSR count). The van der Waals surface area contributed by atoms with Crippen molar-refractivity contribution in [2.24, 2.45) is 27.9 Å². The van der Waals surface area contributed by atoms with E-state index in [0.717, 1.165) is 0 Å². The van der Waals surface area contributed by atoms with Crippen molar-refractivity contribution in [1.82, 2.24) is 16.0 Å². The van der Waals surface area contributed by atoms with Crippen LogP contribution in [0.5, 0.6) is 0 Å². The summed E-state index contributed by atoms with van der Waals surface area (Å²) in [7, 11) is 0. The maximum Gasteiger partial charge on any atom is 0.243 e. The van der Waals surface area contributed by atoms with E-state index in [9.17, 15) is 19.2 Å². The summed E-state index contributed by atoms with van der Waals surface area (Å²) < 4.78 is 0. The van der Waals surface area contributed by atoms with Crippen molar-refractivity contribution in [2.75, 3.05) is 19.6 Å². The predicted molar refractivity (Wildman–Crippen MR) is 123 cm³/mol. The smallest absolute Gasteiger partial charge is 0.243 e. The lowest BCUT2D eigenvalue weighted by atomic mass is 10.0. The topological polar surface area (TPSA) is 221 Å². The largest absolute Gasteiger partial charge is 0.370 e. The summed E-state index contributed by atoms with van der Waals surface area (Å²) in [4.78, 5) is 52.3. The molecule has 0 saturated heterocycles. The Morgan fingerprint density at radius 1 is 0.812 bits per heavy atom. The van der Waals surface area contributed by atoms with Crippen molar-refractivity contribution in [3.63, 3.8) is 0 Å². The van der Waals surface area contributed by atoms with Gasteiger partial charge in [-0.15, -0.1) is 0 Å². The van der Waals surface area contributed by atoms with Crippen LogP contribution in [0.1, 0.15) is 58.3 Å². The average Bonchev–Trinajstić information content (AvgIpc) is 2.73. The average molecular weight is 457 g/mol. The number of nitrogens with zero attached hydrogens (tertiary/aromatic N) is 1. The van der Waals surface area contributed by atoms with Gasteiger partial charge in [-0.3, -0.25) is 19.4 Å². The van der Waals surface area contributed by atoms with E-state index in [1.165, 1.54) is 6.92 Å². The highest BCUT2D eigenvalue weighted by molar-refractivity contribution is 5.92. The summed E-state index contributed by atoms with van der Waals surface area (Å²) in [5.41, 5.74) is 21.6. The number of aliphatic imine (C=N–C) groups is 1. The SMILES string of the molecule is CC(=O)N[C@@H](CCCCN)C(=O)N[C@@H](CCCCN)C(=O)N[C@H](C=O)CCCN=C(N)N. The number of hydrogen-bond acceptors (Lipinski definition) is 7. The van der Waals surface area contributed by atoms with E-state index in [-0.39, 0.29) is 11.9 Å². The normalized spacial score (nSPS) is 13.3. The van der Waals surface area contributed by atoms with Gasteiger partial charge in [0.2, 0.25) is 17.7 Å². The van der Waals surface area contributed by atoms with Crippen LogP contribution in [0.2, 0.25) is 0 Å². The highest BCUT2D eigenvalue weighted by Crippen LogP contribution is 2.06. The van der Waals surface area contributed by atoms with Gasteiger partial charge < -0.3 is 43.7 Å². The van der Waals surface area contributed by atoms with Gasteiger partial charge in [0.15, 0.2) is 5.96 Å². The first kappa shape index (κ1) is 29.3. The zero-order valence-corrected chi connectivity index (χ0v) is 19.0. The van der Waals surface area contributed by atoms with E-state index < -0.39 is 29.9 Å². The molecule has 12 heteroatoms. The molecule has 0 spiro atoms. The van der Waals surface area contributed by atoms with Crippen LogP contribution in [0.25, 0.3) is 0 Å². The molecular weight excluding hydrogens is 416 g/mol. The number of amides is 3. The van der Waals surface area contributed by atoms with Gasteiger partial charge >= 0.3 is 0 Å². The maximum absolute atomic E-state index is 12.8. The van der Waals surface area contributed by atoms with Gasteiger partial charge in [0.05, 0.1) is 6.04 Å². The van der Waals surface area contributed by atoms with Crippen LogP contribution in [0.4, 0.5) is 0 Å². The molecule has 0 aliphatic rings.